The third-order valence-electron chi connectivity index (χ3n) is 6.14. The maximum atomic E-state index is 10.6. The Bertz CT molecular complexity index is 897. The molecular formula is C28H44O2P2. The van der Waals surface area contributed by atoms with Crippen LogP contribution in [-0.2, 0) is 21.7 Å². The largest absolute Gasteiger partial charge is 0.372 e. The highest BCUT2D eigenvalue weighted by atomic mass is 31.1. The van der Waals surface area contributed by atoms with Crippen molar-refractivity contribution < 1.29 is 9.79 Å². The first-order chi connectivity index (χ1) is 14.3. The highest BCUT2D eigenvalue weighted by Crippen LogP contribution is 2.39. The van der Waals surface area contributed by atoms with Crippen molar-refractivity contribution in [2.24, 2.45) is 0 Å². The van der Waals surface area contributed by atoms with Crippen molar-refractivity contribution in [2.45, 2.75) is 105 Å². The lowest BCUT2D eigenvalue weighted by molar-refractivity contribution is 0.568. The Balaban J connectivity index is 3.14. The monoisotopic (exact) mass is 474 g/mol. The van der Waals surface area contributed by atoms with E-state index in [4.69, 9.17) is 0 Å². The van der Waals surface area contributed by atoms with Gasteiger partial charge in [-0.05, 0) is 67.2 Å². The Morgan fingerprint density at radius 1 is 0.469 bits per heavy atom. The summed E-state index contributed by atoms with van der Waals surface area (Å²) in [4.78, 5) is 21.2. The topological polar surface area (TPSA) is 40.5 Å². The van der Waals surface area contributed by atoms with Gasteiger partial charge in [0.2, 0.25) is 0 Å². The average molecular weight is 475 g/mol. The van der Waals surface area contributed by atoms with Crippen molar-refractivity contribution in [3.05, 3.63) is 46.5 Å². The Labute approximate surface area is 200 Å². The molecule has 32 heavy (non-hydrogen) atoms. The Kier molecular flexibility index (Phi) is 7.82. The van der Waals surface area contributed by atoms with Gasteiger partial charge < -0.3 is 9.79 Å². The van der Waals surface area contributed by atoms with E-state index in [9.17, 15) is 9.79 Å². The van der Waals surface area contributed by atoms with Crippen LogP contribution in [0.25, 0.3) is 11.1 Å². The molecule has 178 valence electrons. The van der Waals surface area contributed by atoms with Gasteiger partial charge in [0.15, 0.2) is 0 Å². The predicted octanol–water partition coefficient (Wildman–Crippen LogP) is 6.97. The van der Waals surface area contributed by atoms with Crippen LogP contribution in [-0.4, -0.2) is 9.79 Å². The van der Waals surface area contributed by atoms with Crippen LogP contribution in [0.1, 0.15) is 105 Å². The van der Waals surface area contributed by atoms with Gasteiger partial charge in [0.1, 0.15) is 0 Å². The molecule has 0 spiro atoms. The van der Waals surface area contributed by atoms with Gasteiger partial charge in [0.05, 0.1) is 0 Å². The normalized spacial score (nSPS) is 14.3. The summed E-state index contributed by atoms with van der Waals surface area (Å²) in [7, 11) is -0.615. The molecule has 0 aliphatic carbocycles. The second kappa shape index (κ2) is 9.11. The molecule has 2 unspecified atom stereocenters. The molecule has 2 atom stereocenters. The lowest BCUT2D eigenvalue weighted by atomic mass is 9.76. The zero-order valence-electron chi connectivity index (χ0n) is 22.2. The van der Waals surface area contributed by atoms with Crippen molar-refractivity contribution in [3.8, 4) is 11.1 Å². The van der Waals surface area contributed by atoms with E-state index in [1.165, 1.54) is 22.3 Å². The summed E-state index contributed by atoms with van der Waals surface area (Å²) in [5, 5.41) is 1.99. The van der Waals surface area contributed by atoms with Gasteiger partial charge in [-0.3, -0.25) is 0 Å². The summed E-state index contributed by atoms with van der Waals surface area (Å²) < 4.78 is 0. The van der Waals surface area contributed by atoms with E-state index in [0.717, 1.165) is 21.7 Å². The minimum Gasteiger partial charge on any atom is -0.372 e. The molecule has 2 aromatic rings. The van der Waals surface area contributed by atoms with Gasteiger partial charge >= 0.3 is 0 Å². The van der Waals surface area contributed by atoms with Crippen LogP contribution >= 0.6 is 17.6 Å². The molecule has 0 bridgehead atoms. The second-order valence-electron chi connectivity index (χ2n) is 13.1. The van der Waals surface area contributed by atoms with Crippen LogP contribution in [0.2, 0.25) is 0 Å². The van der Waals surface area contributed by atoms with Gasteiger partial charge in [0.25, 0.3) is 0 Å². The summed E-state index contributed by atoms with van der Waals surface area (Å²) in [6, 6.07) is 9.07. The molecule has 0 radical (unpaired) electrons. The van der Waals surface area contributed by atoms with Crippen molar-refractivity contribution in [3.63, 3.8) is 0 Å². The van der Waals surface area contributed by atoms with E-state index >= 15 is 0 Å². The molecule has 2 nitrogen and oxygen atoms in total. The number of hydrogen-bond acceptors (Lipinski definition) is 2. The van der Waals surface area contributed by atoms with E-state index in [-0.39, 0.29) is 39.3 Å². The summed E-state index contributed by atoms with van der Waals surface area (Å²) >= 11 is 0. The Hall–Kier alpha value is -0.780. The van der Waals surface area contributed by atoms with Crippen LogP contribution in [0.3, 0.4) is 0 Å². The molecule has 0 saturated heterocycles. The first-order valence-electron chi connectivity index (χ1n) is 11.5. The van der Waals surface area contributed by atoms with Crippen LogP contribution in [0, 0.1) is 0 Å². The number of rotatable bonds is 3. The summed E-state index contributed by atoms with van der Waals surface area (Å²) in [6.45, 7) is 26.7. The standard InChI is InChI=1S/C28H44O2P2/c1-25(2,3)17-13-19(23(31-29)21(15-17)27(7,8)9)20-14-18(26(4,5)6)16-22(24(20)32-30)28(10,11)12/h13-16,29-32H,1-12H3. The van der Waals surface area contributed by atoms with Crippen molar-refractivity contribution >= 4 is 28.2 Å². The quantitative estimate of drug-likeness (QED) is 0.472. The molecule has 0 fully saturated rings. The third kappa shape index (κ3) is 5.82. The molecule has 0 aromatic heterocycles. The van der Waals surface area contributed by atoms with Gasteiger partial charge in [-0.1, -0.05) is 95.2 Å². The molecular weight excluding hydrogens is 430 g/mol. The molecule has 4 heteroatoms. The highest BCUT2D eigenvalue weighted by molar-refractivity contribution is 7.42. The molecule has 0 saturated carbocycles. The SMILES string of the molecule is CC(C)(C)c1cc(-c2cc(C(C)(C)C)cc(C(C)(C)C)c2PO)c(PO)c(C(C)(C)C)c1. The fourth-order valence-electron chi connectivity index (χ4n) is 4.00. The van der Waals surface area contributed by atoms with Crippen molar-refractivity contribution in [1.82, 2.24) is 0 Å². The maximum absolute atomic E-state index is 10.6. The van der Waals surface area contributed by atoms with Gasteiger partial charge in [-0.25, -0.2) is 0 Å². The zero-order valence-corrected chi connectivity index (χ0v) is 24.2. The van der Waals surface area contributed by atoms with E-state index in [2.05, 4.69) is 107 Å². The van der Waals surface area contributed by atoms with Crippen LogP contribution in [0.4, 0.5) is 0 Å². The van der Waals surface area contributed by atoms with Crippen molar-refractivity contribution in [2.75, 3.05) is 0 Å². The second-order valence-corrected chi connectivity index (χ2v) is 14.6. The Morgan fingerprint density at radius 3 is 0.938 bits per heavy atom. The molecule has 0 aliphatic rings. The smallest absolute Gasteiger partial charge is 0.0429 e. The van der Waals surface area contributed by atoms with Crippen LogP contribution in [0.5, 0.6) is 0 Å². The van der Waals surface area contributed by atoms with E-state index in [0.29, 0.717) is 0 Å². The van der Waals surface area contributed by atoms with Gasteiger partial charge in [0, 0.05) is 28.2 Å². The van der Waals surface area contributed by atoms with E-state index in [1.807, 2.05) is 0 Å². The molecule has 2 aromatic carbocycles. The molecule has 0 aliphatic heterocycles. The van der Waals surface area contributed by atoms with Crippen LogP contribution < -0.4 is 10.6 Å². The minimum atomic E-state index is -0.307. The lowest BCUT2D eigenvalue weighted by Crippen LogP contribution is -2.28. The average Bonchev–Trinajstić information content (AvgIpc) is 2.62. The highest BCUT2D eigenvalue weighted by Gasteiger charge is 2.29. The number of hydrogen-bond donors (Lipinski definition) is 2. The van der Waals surface area contributed by atoms with Gasteiger partial charge in [-0.15, -0.1) is 0 Å². The zero-order chi connectivity index (χ0) is 24.9. The maximum Gasteiger partial charge on any atom is 0.0429 e. The van der Waals surface area contributed by atoms with E-state index in [1.54, 1.807) is 0 Å². The molecule has 2 rings (SSSR count). The third-order valence-corrected chi connectivity index (χ3v) is 7.66. The first-order valence-corrected chi connectivity index (χ1v) is 13.4. The van der Waals surface area contributed by atoms with E-state index < -0.39 is 0 Å². The first kappa shape index (κ1) is 27.5. The fraction of sp³-hybridized carbons (Fsp3) is 0.571. The van der Waals surface area contributed by atoms with Crippen molar-refractivity contribution in [1.29, 1.82) is 0 Å². The summed E-state index contributed by atoms with van der Waals surface area (Å²) in [5.74, 6) is 0. The molecule has 2 N–H and O–H groups in total. The summed E-state index contributed by atoms with van der Waals surface area (Å²) in [5.41, 5.74) is 6.76. The van der Waals surface area contributed by atoms with Gasteiger partial charge in [-0.2, -0.15) is 0 Å². The number of benzene rings is 2. The predicted molar refractivity (Wildman–Crippen MR) is 147 cm³/mol. The lowest BCUT2D eigenvalue weighted by Gasteiger charge is -2.32. The Morgan fingerprint density at radius 2 is 0.750 bits per heavy atom. The van der Waals surface area contributed by atoms with Crippen LogP contribution in [0.15, 0.2) is 24.3 Å². The molecule has 0 amide bonds. The molecule has 0 heterocycles. The summed E-state index contributed by atoms with van der Waals surface area (Å²) in [6.07, 6.45) is 0. The minimum absolute atomic E-state index is 0.0258. The fourth-order valence-corrected chi connectivity index (χ4v) is 5.79.